The number of rotatable bonds is 11. The lowest BCUT2D eigenvalue weighted by atomic mass is 9.99. The Labute approximate surface area is 262 Å². The number of hydrogen-bond donors (Lipinski definition) is 3. The van der Waals surface area contributed by atoms with Gasteiger partial charge in [-0.3, -0.25) is 4.79 Å². The summed E-state index contributed by atoms with van der Waals surface area (Å²) in [5.74, 6) is -1.83. The Morgan fingerprint density at radius 1 is 0.933 bits per heavy atom. The number of carbonyl (C=O) groups is 3. The highest BCUT2D eigenvalue weighted by atomic mass is 19.4. The second kappa shape index (κ2) is 16.5. The zero-order valence-corrected chi connectivity index (χ0v) is 26.9. The van der Waals surface area contributed by atoms with Crippen molar-refractivity contribution in [3.05, 3.63) is 29.3 Å². The molecule has 12 nitrogen and oxygen atoms in total. The van der Waals surface area contributed by atoms with Crippen molar-refractivity contribution in [2.24, 2.45) is 4.99 Å². The number of ether oxygens (including phenoxy) is 3. The molecule has 15 heteroatoms. The fourth-order valence-electron chi connectivity index (χ4n) is 4.31. The van der Waals surface area contributed by atoms with Gasteiger partial charge in [-0.25, -0.2) is 9.59 Å². The topological polar surface area (TPSA) is 142 Å². The molecular weight excluding hydrogens is 599 g/mol. The molecular formula is C30H46F3N5O7. The molecule has 1 aliphatic heterocycles. The first-order valence-corrected chi connectivity index (χ1v) is 14.9. The van der Waals surface area contributed by atoms with Gasteiger partial charge < -0.3 is 39.8 Å². The van der Waals surface area contributed by atoms with Gasteiger partial charge in [0.05, 0.1) is 6.61 Å². The van der Waals surface area contributed by atoms with E-state index in [1.165, 1.54) is 0 Å². The van der Waals surface area contributed by atoms with Crippen molar-refractivity contribution < 1.29 is 46.9 Å². The van der Waals surface area contributed by atoms with Crippen LogP contribution in [-0.4, -0.2) is 102 Å². The SMILES string of the molecule is CC(C)(C)OC(=O)NCCCN(CCCNC(=O)OC(C)(C)C)C(=NC(=O)C(F)(F)F)N1CCc2cc(OCCO)ccc2C1. The van der Waals surface area contributed by atoms with E-state index in [1.807, 2.05) is 6.07 Å². The summed E-state index contributed by atoms with van der Waals surface area (Å²) >= 11 is 0. The fourth-order valence-corrected chi connectivity index (χ4v) is 4.31. The molecule has 0 radical (unpaired) electrons. The van der Waals surface area contributed by atoms with Gasteiger partial charge >= 0.3 is 24.3 Å². The molecule has 1 heterocycles. The lowest BCUT2D eigenvalue weighted by molar-refractivity contribution is -0.169. The largest absolute Gasteiger partial charge is 0.491 e. The number of hydrogen-bond acceptors (Lipinski definition) is 7. The van der Waals surface area contributed by atoms with Crippen molar-refractivity contribution >= 4 is 24.1 Å². The zero-order chi connectivity index (χ0) is 33.8. The van der Waals surface area contributed by atoms with Gasteiger partial charge in [-0.2, -0.15) is 18.2 Å². The Morgan fingerprint density at radius 3 is 1.98 bits per heavy atom. The number of alkyl carbamates (subject to hydrolysis) is 2. The quantitative estimate of drug-likeness (QED) is 0.185. The van der Waals surface area contributed by atoms with Gasteiger partial charge in [-0.15, -0.1) is 0 Å². The van der Waals surface area contributed by atoms with E-state index in [0.29, 0.717) is 25.0 Å². The Morgan fingerprint density at radius 2 is 1.49 bits per heavy atom. The summed E-state index contributed by atoms with van der Waals surface area (Å²) in [5, 5.41) is 14.3. The van der Waals surface area contributed by atoms with Gasteiger partial charge in [0.25, 0.3) is 0 Å². The number of nitrogens with one attached hydrogen (secondary N) is 2. The average molecular weight is 646 g/mol. The van der Waals surface area contributed by atoms with Crippen LogP contribution in [0.2, 0.25) is 0 Å². The van der Waals surface area contributed by atoms with E-state index in [0.717, 1.165) is 11.1 Å². The summed E-state index contributed by atoms with van der Waals surface area (Å²) in [5.41, 5.74) is 0.345. The first-order valence-electron chi connectivity index (χ1n) is 14.9. The third-order valence-electron chi connectivity index (χ3n) is 6.11. The normalized spacial score (nSPS) is 13.9. The van der Waals surface area contributed by atoms with Crippen molar-refractivity contribution in [1.82, 2.24) is 20.4 Å². The van der Waals surface area contributed by atoms with Crippen LogP contribution >= 0.6 is 0 Å². The maximum absolute atomic E-state index is 13.4. The van der Waals surface area contributed by atoms with E-state index in [9.17, 15) is 27.6 Å². The minimum absolute atomic E-state index is 0.127. The highest BCUT2D eigenvalue weighted by molar-refractivity contribution is 5.95. The van der Waals surface area contributed by atoms with Crippen LogP contribution in [0.15, 0.2) is 23.2 Å². The van der Waals surface area contributed by atoms with E-state index in [-0.39, 0.29) is 58.4 Å². The van der Waals surface area contributed by atoms with Crippen LogP contribution in [0.1, 0.15) is 65.5 Å². The van der Waals surface area contributed by atoms with Gasteiger partial charge in [-0.05, 0) is 84.1 Å². The fraction of sp³-hybridized carbons (Fsp3) is 0.667. The summed E-state index contributed by atoms with van der Waals surface area (Å²) < 4.78 is 56.3. The molecule has 1 aromatic carbocycles. The zero-order valence-electron chi connectivity index (χ0n) is 26.9. The summed E-state index contributed by atoms with van der Waals surface area (Å²) in [6.45, 7) is 11.4. The Kier molecular flexibility index (Phi) is 13.8. The van der Waals surface area contributed by atoms with Crippen LogP contribution in [0.4, 0.5) is 22.8 Å². The minimum atomic E-state index is -5.18. The third kappa shape index (κ3) is 14.3. The summed E-state index contributed by atoms with van der Waals surface area (Å²) in [4.78, 5) is 43.1. The molecule has 45 heavy (non-hydrogen) atoms. The summed E-state index contributed by atoms with van der Waals surface area (Å²) in [6.07, 6.45) is -5.40. The number of aliphatic hydroxyl groups is 1. The Hall–Kier alpha value is -3.75. The summed E-state index contributed by atoms with van der Waals surface area (Å²) in [7, 11) is 0. The van der Waals surface area contributed by atoms with Crippen LogP contribution in [0.3, 0.4) is 0 Å². The second-order valence-corrected chi connectivity index (χ2v) is 12.4. The first-order chi connectivity index (χ1) is 20.9. The predicted octanol–water partition coefficient (Wildman–Crippen LogP) is 3.99. The maximum Gasteiger partial charge on any atom is 0.473 e. The van der Waals surface area contributed by atoms with Crippen LogP contribution in [0.25, 0.3) is 0 Å². The molecule has 0 aliphatic carbocycles. The monoisotopic (exact) mass is 645 g/mol. The standard InChI is InChI=1S/C30H46F3N5O7/c1-28(2,3)44-26(41)34-12-7-14-37(15-8-13-35-27(42)45-29(4,5)6)25(36-24(40)30(31,32)33)38-16-11-21-19-23(43-18-17-39)10-9-22(21)20-38/h9-10,19,39H,7-8,11-18,20H2,1-6H3,(H,34,41)(H,35,42). The van der Waals surface area contributed by atoms with Gasteiger partial charge in [0.2, 0.25) is 5.96 Å². The van der Waals surface area contributed by atoms with E-state index < -0.39 is 35.5 Å². The third-order valence-corrected chi connectivity index (χ3v) is 6.11. The molecule has 3 N–H and O–H groups in total. The van der Waals surface area contributed by atoms with Gasteiger partial charge in [0.1, 0.15) is 23.6 Å². The number of nitrogens with zero attached hydrogens (tertiary/aromatic N) is 3. The minimum Gasteiger partial charge on any atom is -0.491 e. The number of alkyl halides is 3. The molecule has 2 rings (SSSR count). The number of aliphatic imine (C=N–C) groups is 1. The molecule has 0 unspecified atom stereocenters. The van der Waals surface area contributed by atoms with Crippen molar-refractivity contribution in [2.75, 3.05) is 45.9 Å². The van der Waals surface area contributed by atoms with Crippen LogP contribution in [0, 0.1) is 0 Å². The van der Waals surface area contributed by atoms with E-state index in [1.54, 1.807) is 63.5 Å². The second-order valence-electron chi connectivity index (χ2n) is 12.4. The number of fused-ring (bicyclic) bond motifs is 1. The number of guanidine groups is 1. The lowest BCUT2D eigenvalue weighted by Gasteiger charge is -2.37. The molecule has 3 amide bonds. The first kappa shape index (κ1) is 37.4. The van der Waals surface area contributed by atoms with E-state index in [2.05, 4.69) is 15.6 Å². The lowest BCUT2D eigenvalue weighted by Crippen LogP contribution is -2.49. The molecule has 0 saturated heterocycles. The van der Waals surface area contributed by atoms with Crippen molar-refractivity contribution in [3.63, 3.8) is 0 Å². The van der Waals surface area contributed by atoms with Crippen molar-refractivity contribution in [3.8, 4) is 5.75 Å². The molecule has 0 atom stereocenters. The van der Waals surface area contributed by atoms with Gasteiger partial charge in [-0.1, -0.05) is 6.07 Å². The molecule has 1 aromatic rings. The van der Waals surface area contributed by atoms with E-state index >= 15 is 0 Å². The highest BCUT2D eigenvalue weighted by Crippen LogP contribution is 2.26. The van der Waals surface area contributed by atoms with Crippen molar-refractivity contribution in [1.29, 1.82) is 0 Å². The van der Waals surface area contributed by atoms with Gasteiger partial charge in [0, 0.05) is 39.3 Å². The highest BCUT2D eigenvalue weighted by Gasteiger charge is 2.40. The number of aliphatic hydroxyl groups excluding tert-OH is 1. The summed E-state index contributed by atoms with van der Waals surface area (Å²) in [6, 6.07) is 5.32. The molecule has 0 fully saturated rings. The number of benzene rings is 1. The molecule has 0 saturated carbocycles. The van der Waals surface area contributed by atoms with Crippen molar-refractivity contribution in [2.45, 2.75) is 84.7 Å². The molecule has 0 aromatic heterocycles. The smallest absolute Gasteiger partial charge is 0.473 e. The van der Waals surface area contributed by atoms with Crippen LogP contribution in [0.5, 0.6) is 5.75 Å². The average Bonchev–Trinajstić information content (AvgIpc) is 2.91. The maximum atomic E-state index is 13.4. The number of carbonyl (C=O) groups excluding carboxylic acids is 3. The Bertz CT molecular complexity index is 1140. The predicted molar refractivity (Wildman–Crippen MR) is 161 cm³/mol. The molecule has 1 aliphatic rings. The number of amides is 3. The molecule has 254 valence electrons. The van der Waals surface area contributed by atoms with Crippen LogP contribution < -0.4 is 15.4 Å². The molecule has 0 bridgehead atoms. The Balaban J connectivity index is 2.27. The van der Waals surface area contributed by atoms with Gasteiger partial charge in [0.15, 0.2) is 0 Å². The number of halogens is 3. The van der Waals surface area contributed by atoms with E-state index in [4.69, 9.17) is 19.3 Å². The molecule has 0 spiro atoms. The van der Waals surface area contributed by atoms with Crippen LogP contribution in [-0.2, 0) is 27.2 Å².